The Kier molecular flexibility index (Phi) is 3.10. The van der Waals surface area contributed by atoms with Crippen LogP contribution in [0.4, 0.5) is 5.69 Å². The van der Waals surface area contributed by atoms with E-state index in [1.807, 2.05) is 18.2 Å². The molecule has 1 aromatic heterocycles. The highest BCUT2D eigenvalue weighted by Crippen LogP contribution is 2.27. The third-order valence-corrected chi connectivity index (χ3v) is 3.46. The fourth-order valence-corrected chi connectivity index (χ4v) is 2.48. The van der Waals surface area contributed by atoms with E-state index < -0.39 is 0 Å². The number of nitrogens with two attached hydrogens (primary N) is 1. The van der Waals surface area contributed by atoms with E-state index in [-0.39, 0.29) is 12.0 Å². The topological polar surface area (TPSA) is 69.3 Å². The second-order valence-corrected chi connectivity index (χ2v) is 5.03. The fraction of sp³-hybridized carbons (Fsp3) is 0.267. The van der Waals surface area contributed by atoms with E-state index >= 15 is 0 Å². The van der Waals surface area contributed by atoms with Crippen LogP contribution in [0.3, 0.4) is 0 Å². The maximum Gasteiger partial charge on any atom is 0.268 e. The van der Waals surface area contributed by atoms with Crippen LogP contribution in [0.2, 0.25) is 0 Å². The van der Waals surface area contributed by atoms with E-state index in [0.29, 0.717) is 17.9 Å². The van der Waals surface area contributed by atoms with Crippen LogP contribution in [0.25, 0.3) is 0 Å². The number of aryl methyl sites for hydroxylation is 1. The highest BCUT2D eigenvalue weighted by Gasteiger charge is 2.23. The van der Waals surface area contributed by atoms with Gasteiger partial charge in [0.25, 0.3) is 5.91 Å². The Labute approximate surface area is 117 Å². The number of carbonyl (C=O) groups excluding carboxylic acids is 1. The van der Waals surface area contributed by atoms with Gasteiger partial charge in [0.15, 0.2) is 0 Å². The monoisotopic (exact) mass is 271 g/mol. The third kappa shape index (κ3) is 2.34. The molecule has 104 valence electrons. The van der Waals surface area contributed by atoms with Crippen LogP contribution in [0, 0.1) is 0 Å². The molecule has 5 heteroatoms. The van der Waals surface area contributed by atoms with Crippen molar-refractivity contribution in [3.8, 4) is 5.75 Å². The number of para-hydroxylation sites is 1. The maximum absolute atomic E-state index is 12.1. The first-order valence-corrected chi connectivity index (χ1v) is 6.58. The van der Waals surface area contributed by atoms with Crippen LogP contribution in [-0.4, -0.2) is 23.1 Å². The summed E-state index contributed by atoms with van der Waals surface area (Å²) in [6.45, 7) is 0.485. The highest BCUT2D eigenvalue weighted by atomic mass is 16.5. The number of nitrogen functional groups attached to an aromatic ring is 1. The van der Waals surface area contributed by atoms with Gasteiger partial charge < -0.3 is 20.4 Å². The molecule has 0 bridgehead atoms. The molecule has 2 heterocycles. The van der Waals surface area contributed by atoms with Crippen molar-refractivity contribution in [1.29, 1.82) is 0 Å². The van der Waals surface area contributed by atoms with Crippen LogP contribution < -0.4 is 15.8 Å². The molecule has 3 rings (SSSR count). The van der Waals surface area contributed by atoms with Crippen molar-refractivity contribution >= 4 is 11.6 Å². The van der Waals surface area contributed by atoms with Crippen LogP contribution in [0.15, 0.2) is 36.5 Å². The highest BCUT2D eigenvalue weighted by molar-refractivity contribution is 5.93. The molecular weight excluding hydrogens is 254 g/mol. The lowest BCUT2D eigenvalue weighted by atomic mass is 10.1. The van der Waals surface area contributed by atoms with Gasteiger partial charge in [-0.1, -0.05) is 18.2 Å². The quantitative estimate of drug-likeness (QED) is 0.885. The number of aromatic nitrogens is 1. The summed E-state index contributed by atoms with van der Waals surface area (Å²) < 4.78 is 7.50. The maximum atomic E-state index is 12.1. The molecule has 0 spiro atoms. The van der Waals surface area contributed by atoms with Gasteiger partial charge in [0.05, 0.1) is 12.2 Å². The zero-order valence-electron chi connectivity index (χ0n) is 11.3. The summed E-state index contributed by atoms with van der Waals surface area (Å²) in [5.74, 6) is 0.776. The lowest BCUT2D eigenvalue weighted by Crippen LogP contribution is -2.35. The fourth-order valence-electron chi connectivity index (χ4n) is 2.48. The first-order chi connectivity index (χ1) is 9.63. The molecule has 3 N–H and O–H groups in total. The average Bonchev–Trinajstić information content (AvgIpc) is 2.98. The van der Waals surface area contributed by atoms with Crippen molar-refractivity contribution in [3.05, 3.63) is 47.8 Å². The number of rotatable bonds is 3. The summed E-state index contributed by atoms with van der Waals surface area (Å²) >= 11 is 0. The van der Waals surface area contributed by atoms with Crippen LogP contribution in [0.5, 0.6) is 5.75 Å². The molecule has 0 saturated carbocycles. The lowest BCUT2D eigenvalue weighted by Gasteiger charge is -2.12. The van der Waals surface area contributed by atoms with Crippen molar-refractivity contribution in [2.45, 2.75) is 12.5 Å². The van der Waals surface area contributed by atoms with Gasteiger partial charge in [0.2, 0.25) is 0 Å². The van der Waals surface area contributed by atoms with Gasteiger partial charge in [-0.25, -0.2) is 0 Å². The number of hydrogen-bond acceptors (Lipinski definition) is 3. The molecule has 0 radical (unpaired) electrons. The van der Waals surface area contributed by atoms with E-state index in [4.69, 9.17) is 10.5 Å². The average molecular weight is 271 g/mol. The van der Waals surface area contributed by atoms with Gasteiger partial charge >= 0.3 is 0 Å². The van der Waals surface area contributed by atoms with Crippen LogP contribution in [0.1, 0.15) is 16.1 Å². The number of carbonyl (C=O) groups is 1. The second-order valence-electron chi connectivity index (χ2n) is 5.03. The Bertz CT molecular complexity index is 623. The molecule has 1 aliphatic heterocycles. The minimum Gasteiger partial charge on any atom is -0.488 e. The van der Waals surface area contributed by atoms with E-state index in [1.165, 1.54) is 5.56 Å². The number of hydrogen-bond donors (Lipinski definition) is 2. The number of benzene rings is 1. The second kappa shape index (κ2) is 4.92. The van der Waals surface area contributed by atoms with E-state index in [9.17, 15) is 4.79 Å². The molecule has 20 heavy (non-hydrogen) atoms. The van der Waals surface area contributed by atoms with E-state index in [0.717, 1.165) is 12.2 Å². The number of amides is 1. The summed E-state index contributed by atoms with van der Waals surface area (Å²) in [6.07, 6.45) is 2.54. The van der Waals surface area contributed by atoms with Crippen molar-refractivity contribution < 1.29 is 9.53 Å². The number of fused-ring (bicyclic) bond motifs is 1. The predicted octanol–water partition coefficient (Wildman–Crippen LogP) is 1.34. The van der Waals surface area contributed by atoms with Gasteiger partial charge in [-0.2, -0.15) is 0 Å². The first kappa shape index (κ1) is 12.6. The molecular formula is C15H17N3O2. The number of anilines is 1. The predicted molar refractivity (Wildman–Crippen MR) is 76.7 cm³/mol. The van der Waals surface area contributed by atoms with Crippen molar-refractivity contribution in [2.75, 3.05) is 12.3 Å². The van der Waals surface area contributed by atoms with Crippen molar-refractivity contribution in [2.24, 2.45) is 7.05 Å². The van der Waals surface area contributed by atoms with Gasteiger partial charge in [-0.15, -0.1) is 0 Å². The number of nitrogens with one attached hydrogen (secondary N) is 1. The molecule has 1 aliphatic rings. The molecule has 1 aromatic carbocycles. The summed E-state index contributed by atoms with van der Waals surface area (Å²) in [5, 5.41) is 2.89. The summed E-state index contributed by atoms with van der Waals surface area (Å²) in [6, 6.07) is 9.62. The van der Waals surface area contributed by atoms with Gasteiger partial charge in [-0.05, 0) is 17.7 Å². The van der Waals surface area contributed by atoms with Gasteiger partial charge in [-0.3, -0.25) is 4.79 Å². The summed E-state index contributed by atoms with van der Waals surface area (Å²) in [7, 11) is 1.80. The lowest BCUT2D eigenvalue weighted by molar-refractivity contribution is 0.0925. The van der Waals surface area contributed by atoms with Gasteiger partial charge in [0, 0.05) is 19.7 Å². The molecule has 0 fully saturated rings. The zero-order valence-corrected chi connectivity index (χ0v) is 11.3. The molecule has 1 atom stereocenters. The standard InChI is InChI=1S/C15H17N3O2/c1-18-9-11(16)7-13(18)15(19)17-8-12-6-10-4-2-3-5-14(10)20-12/h2-5,7,9,12H,6,8,16H2,1H3,(H,17,19). The Hall–Kier alpha value is -2.43. The molecule has 0 saturated heterocycles. The molecule has 1 amide bonds. The Morgan fingerprint density at radius 3 is 3.00 bits per heavy atom. The van der Waals surface area contributed by atoms with E-state index in [1.54, 1.807) is 23.9 Å². The molecule has 5 nitrogen and oxygen atoms in total. The van der Waals surface area contributed by atoms with E-state index in [2.05, 4.69) is 11.4 Å². The minimum absolute atomic E-state index is 0.00559. The van der Waals surface area contributed by atoms with Crippen molar-refractivity contribution in [3.63, 3.8) is 0 Å². The van der Waals surface area contributed by atoms with Gasteiger partial charge in [0.1, 0.15) is 17.5 Å². The molecule has 0 aliphatic carbocycles. The van der Waals surface area contributed by atoms with Crippen molar-refractivity contribution in [1.82, 2.24) is 9.88 Å². The summed E-state index contributed by atoms with van der Waals surface area (Å²) in [4.78, 5) is 12.1. The third-order valence-electron chi connectivity index (χ3n) is 3.46. The number of nitrogens with zero attached hydrogens (tertiary/aromatic N) is 1. The van der Waals surface area contributed by atoms with Crippen LogP contribution >= 0.6 is 0 Å². The Balaban J connectivity index is 1.59. The normalized spacial score (nSPS) is 16.6. The minimum atomic E-state index is -0.135. The van der Waals surface area contributed by atoms with Crippen LogP contribution in [-0.2, 0) is 13.5 Å². The Morgan fingerprint density at radius 2 is 2.30 bits per heavy atom. The molecule has 2 aromatic rings. The zero-order chi connectivity index (χ0) is 14.1. The molecule has 1 unspecified atom stereocenters. The largest absolute Gasteiger partial charge is 0.488 e. The first-order valence-electron chi connectivity index (χ1n) is 6.58. The number of ether oxygens (including phenoxy) is 1. The SMILES string of the molecule is Cn1cc(N)cc1C(=O)NCC1Cc2ccccc2O1. The summed E-state index contributed by atoms with van der Waals surface area (Å²) in [5.41, 5.74) is 8.00. The Morgan fingerprint density at radius 1 is 1.50 bits per heavy atom. The smallest absolute Gasteiger partial charge is 0.268 e.